The lowest BCUT2D eigenvalue weighted by Gasteiger charge is -2.23. The molecule has 134 valence electrons. The monoisotopic (exact) mass is 360 g/mol. The fourth-order valence-corrected chi connectivity index (χ4v) is 2.04. The zero-order valence-corrected chi connectivity index (χ0v) is 14.9. The van der Waals surface area contributed by atoms with E-state index in [1.54, 1.807) is 20.8 Å². The summed E-state index contributed by atoms with van der Waals surface area (Å²) in [5.74, 6) is -0.981. The predicted octanol–water partition coefficient (Wildman–Crippen LogP) is 2.64. The second-order valence-corrected chi connectivity index (χ2v) is 6.52. The molecule has 2 amide bonds. The van der Waals surface area contributed by atoms with Crippen molar-refractivity contribution in [3.63, 3.8) is 0 Å². The summed E-state index contributed by atoms with van der Waals surface area (Å²) in [6.07, 6.45) is -0.752. The molecule has 0 aliphatic heterocycles. The molecular formula is C16H22ClFN2O4. The molecule has 0 aliphatic carbocycles. The third kappa shape index (κ3) is 7.14. The molecule has 0 heterocycles. The number of carbonyl (C=O) groups is 2. The van der Waals surface area contributed by atoms with Gasteiger partial charge >= 0.3 is 6.09 Å². The van der Waals surface area contributed by atoms with Gasteiger partial charge in [-0.25, -0.2) is 9.18 Å². The van der Waals surface area contributed by atoms with Crippen molar-refractivity contribution in [2.24, 2.45) is 0 Å². The van der Waals surface area contributed by atoms with Crippen molar-refractivity contribution in [1.82, 2.24) is 10.6 Å². The third-order valence-electron chi connectivity index (χ3n) is 2.83. The molecule has 1 atom stereocenters. The number of nitrogens with one attached hydrogen (secondary N) is 2. The van der Waals surface area contributed by atoms with Crippen molar-refractivity contribution in [3.8, 4) is 0 Å². The molecule has 1 aromatic carbocycles. The average molecular weight is 361 g/mol. The van der Waals surface area contributed by atoms with E-state index in [9.17, 15) is 14.0 Å². The van der Waals surface area contributed by atoms with Gasteiger partial charge in [0.1, 0.15) is 24.2 Å². The van der Waals surface area contributed by atoms with Crippen molar-refractivity contribution in [1.29, 1.82) is 0 Å². The maximum absolute atomic E-state index is 13.4. The molecule has 6 nitrogen and oxygen atoms in total. The van der Waals surface area contributed by atoms with Crippen molar-refractivity contribution in [3.05, 3.63) is 34.6 Å². The Morgan fingerprint density at radius 2 is 2.00 bits per heavy atom. The molecule has 0 spiro atoms. The zero-order valence-electron chi connectivity index (χ0n) is 14.1. The summed E-state index contributed by atoms with van der Waals surface area (Å²) in [7, 11) is 1.42. The summed E-state index contributed by atoms with van der Waals surface area (Å²) in [4.78, 5) is 24.1. The first-order chi connectivity index (χ1) is 11.1. The van der Waals surface area contributed by atoms with Crippen LogP contribution >= 0.6 is 11.6 Å². The number of amides is 2. The van der Waals surface area contributed by atoms with Crippen molar-refractivity contribution < 1.29 is 23.5 Å². The van der Waals surface area contributed by atoms with Crippen molar-refractivity contribution >= 4 is 23.6 Å². The van der Waals surface area contributed by atoms with Gasteiger partial charge in [-0.05, 0) is 44.5 Å². The summed E-state index contributed by atoms with van der Waals surface area (Å²) < 4.78 is 23.3. The van der Waals surface area contributed by atoms with E-state index >= 15 is 0 Å². The molecule has 0 saturated heterocycles. The highest BCUT2D eigenvalue weighted by Gasteiger charge is 2.25. The average Bonchev–Trinajstić information content (AvgIpc) is 2.45. The van der Waals surface area contributed by atoms with Crippen LogP contribution in [0.3, 0.4) is 0 Å². The Morgan fingerprint density at radius 1 is 1.33 bits per heavy atom. The van der Waals surface area contributed by atoms with Crippen LogP contribution in [0.5, 0.6) is 0 Å². The highest BCUT2D eigenvalue weighted by molar-refractivity contribution is 6.31. The van der Waals surface area contributed by atoms with Crippen molar-refractivity contribution in [2.75, 3.05) is 13.8 Å². The first kappa shape index (κ1) is 20.2. The number of ether oxygens (including phenoxy) is 2. The van der Waals surface area contributed by atoms with E-state index in [1.807, 2.05) is 0 Å². The fraction of sp³-hybridized carbons (Fsp3) is 0.500. The van der Waals surface area contributed by atoms with Gasteiger partial charge in [0.25, 0.3) is 0 Å². The molecule has 1 rings (SSSR count). The Bertz CT molecular complexity index is 590. The standard InChI is InChI=1S/C16H22ClFN2O4/c1-16(2,3)24-15(22)20-13(14(21)19-9-23-4)8-10-7-11(18)5-6-12(10)17/h5-7,13H,8-9H2,1-4H3,(H,19,21)(H,20,22). The number of carbonyl (C=O) groups excluding carboxylic acids is 2. The number of rotatable bonds is 6. The number of alkyl carbamates (subject to hydrolysis) is 1. The Labute approximate surface area is 145 Å². The van der Waals surface area contributed by atoms with Gasteiger partial charge in [-0.2, -0.15) is 0 Å². The smallest absolute Gasteiger partial charge is 0.408 e. The quantitative estimate of drug-likeness (QED) is 0.764. The van der Waals surface area contributed by atoms with E-state index in [0.29, 0.717) is 10.6 Å². The predicted molar refractivity (Wildman–Crippen MR) is 88.3 cm³/mol. The molecule has 0 fully saturated rings. The van der Waals surface area contributed by atoms with Crippen LogP contribution in [0.4, 0.5) is 9.18 Å². The Balaban J connectivity index is 2.90. The summed E-state index contributed by atoms with van der Waals surface area (Å²) in [6.45, 7) is 5.09. The Kier molecular flexibility index (Phi) is 7.44. The van der Waals surface area contributed by atoms with Crippen LogP contribution in [-0.2, 0) is 20.7 Å². The lowest BCUT2D eigenvalue weighted by Crippen LogP contribution is -2.49. The molecule has 0 aromatic heterocycles. The van der Waals surface area contributed by atoms with E-state index < -0.39 is 29.5 Å². The molecule has 1 unspecified atom stereocenters. The molecule has 1 aromatic rings. The maximum atomic E-state index is 13.4. The molecule has 8 heteroatoms. The largest absolute Gasteiger partial charge is 0.444 e. The van der Waals surface area contributed by atoms with Crippen LogP contribution in [0, 0.1) is 5.82 Å². The van der Waals surface area contributed by atoms with Crippen molar-refractivity contribution in [2.45, 2.75) is 38.8 Å². The molecule has 2 N–H and O–H groups in total. The zero-order chi connectivity index (χ0) is 18.3. The number of halogens is 2. The third-order valence-corrected chi connectivity index (χ3v) is 3.20. The van der Waals surface area contributed by atoms with E-state index in [-0.39, 0.29) is 13.2 Å². The first-order valence-electron chi connectivity index (χ1n) is 7.32. The van der Waals surface area contributed by atoms with Gasteiger partial charge in [-0.15, -0.1) is 0 Å². The fourth-order valence-electron chi connectivity index (χ4n) is 1.85. The summed E-state index contributed by atoms with van der Waals surface area (Å²) in [5, 5.41) is 5.25. The van der Waals surface area contributed by atoms with Gasteiger partial charge < -0.3 is 20.1 Å². The Morgan fingerprint density at radius 3 is 2.58 bits per heavy atom. The highest BCUT2D eigenvalue weighted by Crippen LogP contribution is 2.19. The van der Waals surface area contributed by atoms with Gasteiger partial charge in [-0.3, -0.25) is 4.79 Å². The van der Waals surface area contributed by atoms with Gasteiger partial charge in [0, 0.05) is 18.6 Å². The number of methoxy groups -OCH3 is 1. The van der Waals surface area contributed by atoms with Crippen LogP contribution in [0.1, 0.15) is 26.3 Å². The minimum absolute atomic E-state index is 0.00534. The van der Waals surface area contributed by atoms with E-state index in [2.05, 4.69) is 10.6 Å². The van der Waals surface area contributed by atoms with Crippen LogP contribution in [0.15, 0.2) is 18.2 Å². The van der Waals surface area contributed by atoms with Crippen LogP contribution in [0.25, 0.3) is 0 Å². The maximum Gasteiger partial charge on any atom is 0.408 e. The normalized spacial score (nSPS) is 12.4. The molecule has 0 radical (unpaired) electrons. The number of hydrogen-bond acceptors (Lipinski definition) is 4. The minimum atomic E-state index is -0.991. The summed E-state index contributed by atoms with van der Waals surface area (Å²) in [6, 6.07) is 2.83. The number of benzene rings is 1. The molecule has 0 aliphatic rings. The van der Waals surface area contributed by atoms with Crippen LogP contribution < -0.4 is 10.6 Å². The molecule has 24 heavy (non-hydrogen) atoms. The Hall–Kier alpha value is -1.86. The van der Waals surface area contributed by atoms with Gasteiger partial charge in [-0.1, -0.05) is 11.6 Å². The first-order valence-corrected chi connectivity index (χ1v) is 7.70. The summed E-state index contributed by atoms with van der Waals surface area (Å²) >= 11 is 6.03. The number of hydrogen-bond donors (Lipinski definition) is 2. The molecule has 0 bridgehead atoms. The second kappa shape index (κ2) is 8.84. The second-order valence-electron chi connectivity index (χ2n) is 6.11. The van der Waals surface area contributed by atoms with E-state index in [0.717, 1.165) is 0 Å². The SMILES string of the molecule is COCNC(=O)C(Cc1cc(F)ccc1Cl)NC(=O)OC(C)(C)C. The minimum Gasteiger partial charge on any atom is -0.444 e. The van der Waals surface area contributed by atoms with Crippen LogP contribution in [0.2, 0.25) is 5.02 Å². The van der Waals surface area contributed by atoms with Gasteiger partial charge in [0.2, 0.25) is 5.91 Å². The lowest BCUT2D eigenvalue weighted by atomic mass is 10.1. The van der Waals surface area contributed by atoms with Gasteiger partial charge in [0.15, 0.2) is 0 Å². The van der Waals surface area contributed by atoms with Gasteiger partial charge in [0.05, 0.1) is 0 Å². The highest BCUT2D eigenvalue weighted by atomic mass is 35.5. The summed E-state index contributed by atoms with van der Waals surface area (Å²) in [5.41, 5.74) is -0.320. The van der Waals surface area contributed by atoms with E-state index in [4.69, 9.17) is 21.1 Å². The molecule has 0 saturated carbocycles. The molecular weight excluding hydrogens is 339 g/mol. The van der Waals surface area contributed by atoms with Crippen LogP contribution in [-0.4, -0.2) is 37.5 Å². The van der Waals surface area contributed by atoms with E-state index in [1.165, 1.54) is 25.3 Å². The topological polar surface area (TPSA) is 76.7 Å². The lowest BCUT2D eigenvalue weighted by molar-refractivity contribution is -0.124.